The number of imidazole rings is 2. The summed E-state index contributed by atoms with van der Waals surface area (Å²) < 4.78 is 82.3. The molecule has 2 aliphatic rings. The van der Waals surface area contributed by atoms with E-state index in [1.807, 2.05) is 0 Å². The summed E-state index contributed by atoms with van der Waals surface area (Å²) in [6.45, 7) is 1.24. The van der Waals surface area contributed by atoms with Crippen LogP contribution in [0.1, 0.15) is 26.3 Å². The van der Waals surface area contributed by atoms with E-state index in [1.165, 1.54) is 13.8 Å². The molecule has 32 heteroatoms. The summed E-state index contributed by atoms with van der Waals surface area (Å²) in [5.41, 5.74) is 11.0. The van der Waals surface area contributed by atoms with Gasteiger partial charge in [-0.3, -0.25) is 18.3 Å². The van der Waals surface area contributed by atoms with Crippen molar-refractivity contribution in [3.8, 4) is 0 Å². The summed E-state index contributed by atoms with van der Waals surface area (Å²) in [5, 5.41) is 41.1. The lowest BCUT2D eigenvalue weighted by molar-refractivity contribution is -0.156. The second kappa shape index (κ2) is 18.6. The van der Waals surface area contributed by atoms with Gasteiger partial charge in [0.25, 0.3) is 11.7 Å². The summed E-state index contributed by atoms with van der Waals surface area (Å²) in [6, 6.07) is 0. The standard InChI is InChI=1S/2C14H19FN5O9P/c2*1-2-27-12(23)13(30(24,25)26)28-3-5-7(21)8(22)11(29-5)20-4-17-6-9(16)18-14(15)19-10(6)20/h2*4-5,7-8,11,13,21-22H,2-3H2,1H3,(H2,16,18,19)(H2,24,25,26)/t5-,7-,8-,11-,13+;5-,7-,8-,11-,13-/m11/s1. The maximum absolute atomic E-state index is 13.5. The summed E-state index contributed by atoms with van der Waals surface area (Å²) in [7, 11) is -10.1. The van der Waals surface area contributed by atoms with Crippen molar-refractivity contribution in [1.29, 1.82) is 0 Å². The molecular formula is C28H38F2N10O18P2. The second-order valence-electron chi connectivity index (χ2n) is 12.6. The number of aromatic nitrogens is 8. The lowest BCUT2D eigenvalue weighted by Crippen LogP contribution is -2.36. The fourth-order valence-electron chi connectivity index (χ4n) is 5.79. The van der Waals surface area contributed by atoms with Crippen LogP contribution in [0.5, 0.6) is 0 Å². The van der Waals surface area contributed by atoms with Gasteiger partial charge in [0.2, 0.25) is 0 Å². The molecule has 0 aliphatic carbocycles. The summed E-state index contributed by atoms with van der Waals surface area (Å²) >= 11 is 0. The molecule has 0 unspecified atom stereocenters. The Morgan fingerprint density at radius 1 is 0.700 bits per heavy atom. The van der Waals surface area contributed by atoms with E-state index < -0.39 is 113 Å². The van der Waals surface area contributed by atoms with Gasteiger partial charge >= 0.3 is 39.3 Å². The van der Waals surface area contributed by atoms with Crippen molar-refractivity contribution in [2.24, 2.45) is 0 Å². The number of nitrogens with two attached hydrogens (primary N) is 2. The number of ether oxygens (including phenoxy) is 6. The zero-order chi connectivity index (χ0) is 44.4. The highest BCUT2D eigenvalue weighted by molar-refractivity contribution is 7.53. The van der Waals surface area contributed by atoms with Gasteiger partial charge in [-0.15, -0.1) is 0 Å². The highest BCUT2D eigenvalue weighted by Crippen LogP contribution is 2.44. The molecule has 2 aliphatic heterocycles. The van der Waals surface area contributed by atoms with Crippen molar-refractivity contribution in [2.75, 3.05) is 37.9 Å². The van der Waals surface area contributed by atoms with Crippen LogP contribution in [0.2, 0.25) is 0 Å². The van der Waals surface area contributed by atoms with E-state index in [-0.39, 0.29) is 47.2 Å². The molecule has 28 nitrogen and oxygen atoms in total. The van der Waals surface area contributed by atoms with Crippen LogP contribution in [-0.4, -0.2) is 166 Å². The van der Waals surface area contributed by atoms with Crippen LogP contribution in [0.15, 0.2) is 12.7 Å². The van der Waals surface area contributed by atoms with Gasteiger partial charge in [0.1, 0.15) is 36.6 Å². The van der Waals surface area contributed by atoms with Crippen LogP contribution in [0.3, 0.4) is 0 Å². The first kappa shape index (κ1) is 46.5. The molecule has 2 saturated heterocycles. The highest BCUT2D eigenvalue weighted by Gasteiger charge is 2.48. The van der Waals surface area contributed by atoms with Gasteiger partial charge < -0.3 is 79.9 Å². The average molecular weight is 903 g/mol. The number of aliphatic hydroxyl groups is 4. The van der Waals surface area contributed by atoms with Crippen LogP contribution in [-0.2, 0) is 47.1 Å². The first-order valence-corrected chi connectivity index (χ1v) is 20.5. The number of carbonyl (C=O) groups excluding carboxylic acids is 2. The molecule has 10 atom stereocenters. The third kappa shape index (κ3) is 9.98. The van der Waals surface area contributed by atoms with Crippen LogP contribution < -0.4 is 11.5 Å². The van der Waals surface area contributed by atoms with E-state index >= 15 is 0 Å². The molecule has 0 spiro atoms. The predicted molar refractivity (Wildman–Crippen MR) is 188 cm³/mol. The largest absolute Gasteiger partial charge is 0.464 e. The molecule has 0 bridgehead atoms. The molecule has 4 aromatic rings. The SMILES string of the molecule is CCOC(=O)[C@@H](OC[C@H]1O[C@@H](n2cnc3c(N)nc(F)nc32)[C@H](O)[C@@H]1O)P(=O)(O)O.CCOC(=O)[C@H](OC[C@H]1O[C@@H](n2cnc3c(N)nc(F)nc32)[C@H](O)[C@@H]1O)P(=O)(O)O. The quantitative estimate of drug-likeness (QED) is 0.0333. The predicted octanol–water partition coefficient (Wildman–Crippen LogP) is -3.50. The molecule has 4 aromatic heterocycles. The van der Waals surface area contributed by atoms with Gasteiger partial charge in [-0.25, -0.2) is 19.6 Å². The lowest BCUT2D eigenvalue weighted by atomic mass is 10.1. The first-order chi connectivity index (χ1) is 28.1. The van der Waals surface area contributed by atoms with Crippen LogP contribution in [0.4, 0.5) is 20.4 Å². The molecule has 6 rings (SSSR count). The first-order valence-electron chi connectivity index (χ1n) is 17.1. The Hall–Kier alpha value is -4.52. The average Bonchev–Trinajstić information content (AvgIpc) is 3.90. The summed E-state index contributed by atoms with van der Waals surface area (Å²) in [6.07, 6.45) is -11.6. The van der Waals surface area contributed by atoms with E-state index in [4.69, 9.17) is 30.4 Å². The maximum atomic E-state index is 13.5. The van der Waals surface area contributed by atoms with E-state index in [2.05, 4.69) is 39.4 Å². The Labute approximate surface area is 333 Å². The van der Waals surface area contributed by atoms with E-state index in [9.17, 15) is 67.5 Å². The van der Waals surface area contributed by atoms with Gasteiger partial charge in [-0.2, -0.15) is 28.7 Å². The van der Waals surface area contributed by atoms with Crippen molar-refractivity contribution in [1.82, 2.24) is 39.0 Å². The number of hydrogen-bond donors (Lipinski definition) is 10. The van der Waals surface area contributed by atoms with Crippen molar-refractivity contribution in [3.05, 3.63) is 24.8 Å². The molecule has 60 heavy (non-hydrogen) atoms. The minimum atomic E-state index is -5.04. The summed E-state index contributed by atoms with van der Waals surface area (Å²) in [5.74, 6) is -7.55. The highest BCUT2D eigenvalue weighted by atomic mass is 31.2. The Balaban J connectivity index is 0.000000228. The van der Waals surface area contributed by atoms with Crippen molar-refractivity contribution >= 4 is 61.1 Å². The normalized spacial score (nSPS) is 25.5. The Morgan fingerprint density at radius 3 is 1.37 bits per heavy atom. The minimum Gasteiger partial charge on any atom is -0.464 e. The maximum Gasteiger partial charge on any atom is 0.365 e. The van der Waals surface area contributed by atoms with Gasteiger partial charge in [-0.1, -0.05) is 0 Å². The monoisotopic (exact) mass is 902 g/mol. The van der Waals surface area contributed by atoms with Crippen molar-refractivity contribution < 1.29 is 95.9 Å². The number of halogens is 2. The molecule has 0 saturated carbocycles. The molecule has 0 radical (unpaired) electrons. The number of nitrogen functional groups attached to an aromatic ring is 2. The topological polar surface area (TPSA) is 425 Å². The van der Waals surface area contributed by atoms with Crippen LogP contribution in [0, 0.1) is 12.2 Å². The second-order valence-corrected chi connectivity index (χ2v) is 15.8. The lowest BCUT2D eigenvalue weighted by Gasteiger charge is -2.20. The molecule has 6 heterocycles. The number of nitrogens with zero attached hydrogens (tertiary/aromatic N) is 8. The number of anilines is 2. The Morgan fingerprint density at radius 2 is 1.05 bits per heavy atom. The van der Waals surface area contributed by atoms with Crippen LogP contribution in [0.25, 0.3) is 22.3 Å². The van der Waals surface area contributed by atoms with Gasteiger partial charge in [-0.05, 0) is 13.8 Å². The Kier molecular flexibility index (Phi) is 14.4. The van der Waals surface area contributed by atoms with Crippen molar-refractivity contribution in [2.45, 2.75) is 74.6 Å². The third-order valence-electron chi connectivity index (χ3n) is 8.49. The number of fused-ring (bicyclic) bond motifs is 2. The molecule has 0 amide bonds. The number of aliphatic hydroxyl groups excluding tert-OH is 4. The van der Waals surface area contributed by atoms with Gasteiger partial charge in [0.15, 0.2) is 46.4 Å². The molecular weight excluding hydrogens is 864 g/mol. The zero-order valence-corrected chi connectivity index (χ0v) is 32.6. The van der Waals surface area contributed by atoms with Gasteiger partial charge in [0, 0.05) is 0 Å². The fraction of sp³-hybridized carbons (Fsp3) is 0.571. The number of rotatable bonds is 14. The molecule has 12 N–H and O–H groups in total. The molecule has 332 valence electrons. The molecule has 2 fully saturated rings. The molecule has 0 aromatic carbocycles. The number of hydrogen-bond acceptors (Lipinski definition) is 22. The Bertz CT molecular complexity index is 2120. The van der Waals surface area contributed by atoms with E-state index in [1.54, 1.807) is 0 Å². The van der Waals surface area contributed by atoms with E-state index in [0.717, 1.165) is 21.8 Å². The van der Waals surface area contributed by atoms with Crippen molar-refractivity contribution in [3.63, 3.8) is 0 Å². The number of esters is 2. The van der Waals surface area contributed by atoms with E-state index in [0.29, 0.717) is 0 Å². The smallest absolute Gasteiger partial charge is 0.365 e. The fourth-order valence-corrected chi connectivity index (χ4v) is 7.05. The minimum absolute atomic E-state index is 0.0327. The summed E-state index contributed by atoms with van der Waals surface area (Å²) in [4.78, 5) is 82.3. The zero-order valence-electron chi connectivity index (χ0n) is 30.8. The third-order valence-corrected chi connectivity index (χ3v) is 10.4. The van der Waals surface area contributed by atoms with Crippen LogP contribution >= 0.6 is 15.2 Å². The number of carbonyl (C=O) groups is 2. The van der Waals surface area contributed by atoms with Gasteiger partial charge in [0.05, 0.1) is 39.1 Å².